The van der Waals surface area contributed by atoms with Crippen LogP contribution in [-0.2, 0) is 51.7 Å². The molecule has 0 amide bonds. The zero-order chi connectivity index (χ0) is 33.0. The molecule has 4 rings (SSSR count). The van der Waals surface area contributed by atoms with Crippen molar-refractivity contribution in [2.75, 3.05) is 0 Å². The Hall–Kier alpha value is 1.54. The van der Waals surface area contributed by atoms with Gasteiger partial charge in [-0.1, -0.05) is 105 Å². The van der Waals surface area contributed by atoms with Crippen molar-refractivity contribution in [1.82, 2.24) is 0 Å². The molecule has 0 saturated carbocycles. The Bertz CT molecular complexity index is 851. The van der Waals surface area contributed by atoms with Gasteiger partial charge in [-0.05, 0) is 32.3 Å². The maximum Gasteiger partial charge on any atom is 0.0213 e. The van der Waals surface area contributed by atoms with Crippen molar-refractivity contribution in [2.45, 2.75) is 130 Å². The van der Waals surface area contributed by atoms with Crippen LogP contribution in [0.15, 0.2) is 69.4 Å². The summed E-state index contributed by atoms with van der Waals surface area (Å²) in [5.41, 5.74) is 0. The van der Waals surface area contributed by atoms with Gasteiger partial charge < -0.3 is 24.8 Å². The molecule has 0 atom stereocenters. The topological polar surface area (TPSA) is 0 Å². The van der Waals surface area contributed by atoms with Crippen molar-refractivity contribution >= 4 is 51.3 Å². The third-order valence-electron chi connectivity index (χ3n) is 6.25. The van der Waals surface area contributed by atoms with E-state index in [1.165, 1.54) is 0 Å². The van der Waals surface area contributed by atoms with Crippen molar-refractivity contribution in [2.24, 2.45) is 0 Å². The van der Waals surface area contributed by atoms with Crippen molar-refractivity contribution in [3.63, 3.8) is 0 Å². The third-order valence-corrected chi connectivity index (χ3v) is 14.6. The van der Waals surface area contributed by atoms with E-state index in [0.717, 1.165) is 44.7 Å². The van der Waals surface area contributed by atoms with E-state index in [0.29, 0.717) is 0 Å². The SMILES string of the molecule is C[SiH]C.C[SiH]C.C[Si](C)(C)C1=CC[C-]=C1.C[Si](C)(C)C1=CC[C-]=C1.C[Si](C)(C)C1=CC[C-]=C1.C[Si](C)(C)C1=CC[C-]=C1.[Cl-].[Cl-].[Hf].[Hf]. The van der Waals surface area contributed by atoms with E-state index in [4.69, 9.17) is 0 Å². The minimum Gasteiger partial charge on any atom is -1.00 e. The molecule has 4 aliphatic rings. The van der Waals surface area contributed by atoms with Crippen LogP contribution < -0.4 is 24.8 Å². The normalized spacial score (nSPS) is 15.1. The van der Waals surface area contributed by atoms with Gasteiger partial charge in [0.2, 0.25) is 0 Å². The quantitative estimate of drug-likeness (QED) is 0.267. The molecular formula is C36H66Cl2Hf2Si6-6. The summed E-state index contributed by atoms with van der Waals surface area (Å²) in [7, 11) is -2.42. The van der Waals surface area contributed by atoms with Gasteiger partial charge in [0.15, 0.2) is 0 Å². The molecule has 0 nitrogen and oxygen atoms in total. The van der Waals surface area contributed by atoms with Crippen LogP contribution in [0, 0.1) is 24.3 Å². The van der Waals surface area contributed by atoms with Crippen LogP contribution in [-0.4, -0.2) is 51.3 Å². The molecule has 46 heavy (non-hydrogen) atoms. The van der Waals surface area contributed by atoms with E-state index in [-0.39, 0.29) is 76.5 Å². The summed E-state index contributed by atoms with van der Waals surface area (Å²) in [6.07, 6.45) is 34.8. The zero-order valence-electron chi connectivity index (χ0n) is 32.4. The predicted molar refractivity (Wildman–Crippen MR) is 213 cm³/mol. The predicted octanol–water partition coefficient (Wildman–Crippen LogP) is 5.25. The van der Waals surface area contributed by atoms with E-state index < -0.39 is 32.3 Å². The molecule has 2 radical (unpaired) electrons. The minimum atomic E-state index is -0.981. The Morgan fingerprint density at radius 1 is 0.391 bits per heavy atom. The van der Waals surface area contributed by atoms with Gasteiger partial charge in [0.1, 0.15) is 0 Å². The molecule has 0 aromatic heterocycles. The van der Waals surface area contributed by atoms with E-state index in [2.05, 4.69) is 178 Å². The van der Waals surface area contributed by atoms with Gasteiger partial charge in [-0.25, -0.2) is 45.1 Å². The summed E-state index contributed by atoms with van der Waals surface area (Å²) >= 11 is 0. The molecule has 0 spiro atoms. The van der Waals surface area contributed by atoms with Crippen molar-refractivity contribution in [3.05, 3.63) is 93.7 Å². The molecule has 262 valence electrons. The van der Waals surface area contributed by atoms with Crippen molar-refractivity contribution in [1.29, 1.82) is 0 Å². The van der Waals surface area contributed by atoms with Gasteiger partial charge in [-0.2, -0.15) is 24.3 Å². The van der Waals surface area contributed by atoms with Crippen molar-refractivity contribution < 1.29 is 76.5 Å². The molecule has 0 saturated heterocycles. The molecule has 0 N–H and O–H groups in total. The molecule has 0 aliphatic heterocycles. The number of hydrogen-bond donors (Lipinski definition) is 0. The molecule has 10 heteroatoms. The summed E-state index contributed by atoms with van der Waals surface area (Å²) in [5.74, 6) is 0. The monoisotopic (exact) mass is 1100 g/mol. The molecule has 0 aromatic carbocycles. The van der Waals surface area contributed by atoms with Gasteiger partial charge in [0.05, 0.1) is 0 Å². The molecule has 0 bridgehead atoms. The fraction of sp³-hybridized carbons (Fsp3) is 0.556. The van der Waals surface area contributed by atoms with Gasteiger partial charge in [-0.15, -0.1) is 25.7 Å². The fourth-order valence-electron chi connectivity index (χ4n) is 3.68. The first-order valence-corrected chi connectivity index (χ1v) is 34.4. The Balaban J connectivity index is -0.000000107. The molecule has 0 aromatic rings. The second-order valence-corrected chi connectivity index (χ2v) is 37.6. The Morgan fingerprint density at radius 3 is 0.565 bits per heavy atom. The standard InChI is InChI=1S/4C8H13Si.2C2H7Si.2ClH.2Hf/c4*1-9(2,3)8-6-4-5-7-8;2*1-3-2;;;;/h4*6-7H,4H2,1-3H3;2*3H,1-2H3;2*1H;;/q4*-1;;;;;;/p-2. The largest absolute Gasteiger partial charge is 1.00 e. The summed E-state index contributed by atoms with van der Waals surface area (Å²) < 4.78 is 0. The maximum atomic E-state index is 3.20. The maximum absolute atomic E-state index is 3.20. The third kappa shape index (κ3) is 31.5. The summed E-state index contributed by atoms with van der Waals surface area (Å²) in [5, 5.41) is 6.23. The summed E-state index contributed by atoms with van der Waals surface area (Å²) in [6.45, 7) is 37.2. The number of allylic oxidation sites excluding steroid dienone is 16. The molecule has 0 unspecified atom stereocenters. The first-order valence-electron chi connectivity index (χ1n) is 15.8. The molecule has 4 aliphatic carbocycles. The van der Waals surface area contributed by atoms with E-state index in [9.17, 15) is 0 Å². The van der Waals surface area contributed by atoms with Gasteiger partial charge in [-0.3, -0.25) is 24.3 Å². The average Bonchev–Trinajstić information content (AvgIpc) is 3.68. The fourth-order valence-corrected chi connectivity index (χ4v) is 8.68. The number of hydrogen-bond acceptors (Lipinski definition) is 0. The summed E-state index contributed by atoms with van der Waals surface area (Å²) in [6, 6.07) is 0. The van der Waals surface area contributed by atoms with Crippen LogP contribution in [0.3, 0.4) is 0 Å². The zero-order valence-corrected chi connectivity index (χ0v) is 47.4. The van der Waals surface area contributed by atoms with Gasteiger partial charge in [0.25, 0.3) is 0 Å². The van der Waals surface area contributed by atoms with Crippen LogP contribution >= 0.6 is 0 Å². The van der Waals surface area contributed by atoms with Crippen LogP contribution in [0.2, 0.25) is 105 Å². The summed E-state index contributed by atoms with van der Waals surface area (Å²) in [4.78, 5) is 0. The second-order valence-electron chi connectivity index (χ2n) is 15.0. The first kappa shape index (κ1) is 59.7. The van der Waals surface area contributed by atoms with E-state index >= 15 is 0 Å². The van der Waals surface area contributed by atoms with Crippen LogP contribution in [0.4, 0.5) is 0 Å². The Kier molecular flexibility index (Phi) is 40.6. The Morgan fingerprint density at radius 2 is 0.522 bits per heavy atom. The molecule has 0 heterocycles. The second kappa shape index (κ2) is 31.3. The van der Waals surface area contributed by atoms with E-state index in [1.54, 1.807) is 20.8 Å². The van der Waals surface area contributed by atoms with E-state index in [1.807, 2.05) is 0 Å². The first-order chi connectivity index (χ1) is 19.2. The van der Waals surface area contributed by atoms with Crippen LogP contribution in [0.1, 0.15) is 25.7 Å². The van der Waals surface area contributed by atoms with Crippen LogP contribution in [0.5, 0.6) is 0 Å². The number of rotatable bonds is 4. The van der Waals surface area contributed by atoms with Crippen LogP contribution in [0.25, 0.3) is 0 Å². The number of halogens is 2. The van der Waals surface area contributed by atoms with Gasteiger partial charge >= 0.3 is 0 Å². The smallest absolute Gasteiger partial charge is 0.0213 e. The average molecular weight is 1100 g/mol. The minimum absolute atomic E-state index is 0. The van der Waals surface area contributed by atoms with Crippen molar-refractivity contribution in [3.8, 4) is 0 Å². The molecular weight excluding hydrogens is 1030 g/mol. The molecule has 0 fully saturated rings. The Labute approximate surface area is 348 Å². The van der Waals surface area contributed by atoms with Gasteiger partial charge in [0, 0.05) is 70.7 Å².